The van der Waals surface area contributed by atoms with E-state index in [-0.39, 0.29) is 17.3 Å². The maximum atomic E-state index is 12.7. The molecule has 7 nitrogen and oxygen atoms in total. The molecule has 2 aromatic rings. The number of hydrogen-bond acceptors (Lipinski definition) is 5. The third kappa shape index (κ3) is 5.21. The molecule has 0 fully saturated rings. The molecule has 1 N–H and O–H groups in total. The van der Waals surface area contributed by atoms with E-state index in [2.05, 4.69) is 5.32 Å². The topological polar surface area (TPSA) is 84.9 Å². The van der Waals surface area contributed by atoms with E-state index in [4.69, 9.17) is 9.47 Å². The highest BCUT2D eigenvalue weighted by atomic mass is 32.2. The Balaban J connectivity index is 2.03. The van der Waals surface area contributed by atoms with Crippen LogP contribution in [0.15, 0.2) is 47.4 Å². The van der Waals surface area contributed by atoms with Crippen molar-refractivity contribution < 1.29 is 22.7 Å². The van der Waals surface area contributed by atoms with Gasteiger partial charge in [-0.1, -0.05) is 29.8 Å². The van der Waals surface area contributed by atoms with Crippen LogP contribution < -0.4 is 14.8 Å². The average Bonchev–Trinajstić information content (AvgIpc) is 2.66. The summed E-state index contributed by atoms with van der Waals surface area (Å²) in [6, 6.07) is 12.0. The van der Waals surface area contributed by atoms with Crippen molar-refractivity contribution in [3.8, 4) is 11.5 Å². The zero-order chi connectivity index (χ0) is 20.0. The molecular formula is C19H24N2O5S. The van der Waals surface area contributed by atoms with E-state index < -0.39 is 10.0 Å². The molecule has 0 unspecified atom stereocenters. The smallest absolute Gasteiger partial charge is 0.243 e. The molecule has 0 aromatic heterocycles. The molecule has 0 aliphatic rings. The predicted octanol–water partition coefficient (Wildman–Crippen LogP) is 1.95. The number of nitrogens with zero attached hydrogens (tertiary/aromatic N) is 1. The summed E-state index contributed by atoms with van der Waals surface area (Å²) in [7, 11) is 0.411. The van der Waals surface area contributed by atoms with Crippen molar-refractivity contribution in [3.05, 3.63) is 53.6 Å². The molecule has 0 bridgehead atoms. The SMILES string of the molecule is COc1ccc(S(=O)(=O)N(C)CC(=O)NCc2ccc(C)cc2)cc1OC. The molecule has 0 spiro atoms. The first-order valence-corrected chi connectivity index (χ1v) is 9.72. The molecule has 0 aliphatic carbocycles. The summed E-state index contributed by atoms with van der Waals surface area (Å²) in [6.07, 6.45) is 0. The number of carbonyl (C=O) groups excluding carboxylic acids is 1. The number of aryl methyl sites for hydroxylation is 1. The highest BCUT2D eigenvalue weighted by Crippen LogP contribution is 2.30. The van der Waals surface area contributed by atoms with E-state index in [0.29, 0.717) is 18.0 Å². The third-order valence-electron chi connectivity index (χ3n) is 4.04. The molecular weight excluding hydrogens is 368 g/mol. The van der Waals surface area contributed by atoms with Gasteiger partial charge in [0.05, 0.1) is 25.7 Å². The maximum absolute atomic E-state index is 12.7. The van der Waals surface area contributed by atoms with E-state index in [1.807, 2.05) is 31.2 Å². The standard InChI is InChI=1S/C19H24N2O5S/c1-14-5-7-15(8-6-14)12-20-19(22)13-21(2)27(23,24)16-9-10-17(25-3)18(11-16)26-4/h5-11H,12-13H2,1-4H3,(H,20,22). The number of ether oxygens (including phenoxy) is 2. The lowest BCUT2D eigenvalue weighted by molar-refractivity contribution is -0.121. The number of carbonyl (C=O) groups is 1. The van der Waals surface area contributed by atoms with Crippen LogP contribution in [0.5, 0.6) is 11.5 Å². The number of sulfonamides is 1. The van der Waals surface area contributed by atoms with Gasteiger partial charge in [-0.05, 0) is 24.6 Å². The van der Waals surface area contributed by atoms with Crippen LogP contribution in [0.1, 0.15) is 11.1 Å². The summed E-state index contributed by atoms with van der Waals surface area (Å²) in [5.74, 6) is 0.341. The Hall–Kier alpha value is -2.58. The lowest BCUT2D eigenvalue weighted by Gasteiger charge is -2.18. The zero-order valence-corrected chi connectivity index (χ0v) is 16.7. The summed E-state index contributed by atoms with van der Waals surface area (Å²) in [4.78, 5) is 12.2. The third-order valence-corrected chi connectivity index (χ3v) is 5.84. The minimum absolute atomic E-state index is 0.0222. The van der Waals surface area contributed by atoms with Crippen LogP contribution in [-0.2, 0) is 21.4 Å². The van der Waals surface area contributed by atoms with Crippen LogP contribution in [0, 0.1) is 6.92 Å². The Morgan fingerprint density at radius 3 is 2.26 bits per heavy atom. The minimum atomic E-state index is -3.84. The number of nitrogens with one attached hydrogen (secondary N) is 1. The number of amides is 1. The van der Waals surface area contributed by atoms with Gasteiger partial charge in [0.2, 0.25) is 15.9 Å². The molecule has 27 heavy (non-hydrogen) atoms. The van der Waals surface area contributed by atoms with E-state index in [0.717, 1.165) is 15.4 Å². The van der Waals surface area contributed by atoms with Crippen LogP contribution in [-0.4, -0.2) is 46.4 Å². The number of hydrogen-bond donors (Lipinski definition) is 1. The second-order valence-corrected chi connectivity index (χ2v) is 8.09. The summed E-state index contributed by atoms with van der Waals surface area (Å²) in [6.45, 7) is 2.03. The van der Waals surface area contributed by atoms with Crippen LogP contribution in [0.25, 0.3) is 0 Å². The second kappa shape index (κ2) is 8.88. The normalized spacial score (nSPS) is 11.3. The molecule has 2 aromatic carbocycles. The molecule has 1 amide bonds. The average molecular weight is 392 g/mol. The fourth-order valence-corrected chi connectivity index (χ4v) is 3.55. The van der Waals surface area contributed by atoms with Gasteiger partial charge >= 0.3 is 0 Å². The largest absolute Gasteiger partial charge is 0.493 e. The van der Waals surface area contributed by atoms with Crippen LogP contribution in [0.2, 0.25) is 0 Å². The van der Waals surface area contributed by atoms with E-state index in [1.165, 1.54) is 39.5 Å². The molecule has 0 saturated heterocycles. The van der Waals surface area contributed by atoms with Crippen molar-refractivity contribution >= 4 is 15.9 Å². The van der Waals surface area contributed by atoms with Crippen molar-refractivity contribution in [2.75, 3.05) is 27.8 Å². The van der Waals surface area contributed by atoms with Crippen LogP contribution in [0.3, 0.4) is 0 Å². The predicted molar refractivity (Wildman–Crippen MR) is 102 cm³/mol. The molecule has 0 heterocycles. The first-order valence-electron chi connectivity index (χ1n) is 8.28. The number of likely N-dealkylation sites (N-methyl/N-ethyl adjacent to an activating group) is 1. The van der Waals surface area contributed by atoms with Gasteiger partial charge in [0.25, 0.3) is 0 Å². The van der Waals surface area contributed by atoms with Gasteiger partial charge in [-0.2, -0.15) is 4.31 Å². The van der Waals surface area contributed by atoms with Gasteiger partial charge < -0.3 is 14.8 Å². The first-order chi connectivity index (χ1) is 12.8. The summed E-state index contributed by atoms with van der Waals surface area (Å²) in [5, 5.41) is 2.72. The Kier molecular flexibility index (Phi) is 6.81. The molecule has 0 aliphatic heterocycles. The molecule has 0 saturated carbocycles. The summed E-state index contributed by atoms with van der Waals surface area (Å²) in [5.41, 5.74) is 2.07. The molecule has 8 heteroatoms. The molecule has 2 rings (SSSR count). The first kappa shape index (κ1) is 20.7. The monoisotopic (exact) mass is 392 g/mol. The van der Waals surface area contributed by atoms with Gasteiger partial charge in [-0.25, -0.2) is 8.42 Å². The Bertz CT molecular complexity index is 895. The number of benzene rings is 2. The van der Waals surface area contributed by atoms with Gasteiger partial charge in [0.1, 0.15) is 0 Å². The molecule has 146 valence electrons. The van der Waals surface area contributed by atoms with E-state index in [1.54, 1.807) is 0 Å². The van der Waals surface area contributed by atoms with Gasteiger partial charge in [-0.15, -0.1) is 0 Å². The van der Waals surface area contributed by atoms with Crippen molar-refractivity contribution in [1.29, 1.82) is 0 Å². The van der Waals surface area contributed by atoms with Crippen molar-refractivity contribution in [2.24, 2.45) is 0 Å². The van der Waals surface area contributed by atoms with Crippen molar-refractivity contribution in [1.82, 2.24) is 9.62 Å². The van der Waals surface area contributed by atoms with Gasteiger partial charge in [0.15, 0.2) is 11.5 Å². The Labute approximate surface area is 160 Å². The lowest BCUT2D eigenvalue weighted by Crippen LogP contribution is -2.38. The summed E-state index contributed by atoms with van der Waals surface area (Å²) < 4.78 is 36.6. The van der Waals surface area contributed by atoms with Crippen molar-refractivity contribution in [3.63, 3.8) is 0 Å². The summed E-state index contributed by atoms with van der Waals surface area (Å²) >= 11 is 0. The fraction of sp³-hybridized carbons (Fsp3) is 0.316. The quantitative estimate of drug-likeness (QED) is 0.742. The lowest BCUT2D eigenvalue weighted by atomic mass is 10.1. The van der Waals surface area contributed by atoms with Gasteiger partial charge in [0, 0.05) is 19.7 Å². The second-order valence-electron chi connectivity index (χ2n) is 6.04. The van der Waals surface area contributed by atoms with Gasteiger partial charge in [-0.3, -0.25) is 4.79 Å². The maximum Gasteiger partial charge on any atom is 0.243 e. The minimum Gasteiger partial charge on any atom is -0.493 e. The van der Waals surface area contributed by atoms with Crippen LogP contribution in [0.4, 0.5) is 0 Å². The van der Waals surface area contributed by atoms with Crippen molar-refractivity contribution in [2.45, 2.75) is 18.4 Å². The number of rotatable bonds is 8. The number of methoxy groups -OCH3 is 2. The van der Waals surface area contributed by atoms with Crippen LogP contribution >= 0.6 is 0 Å². The van der Waals surface area contributed by atoms with E-state index >= 15 is 0 Å². The molecule has 0 atom stereocenters. The fourth-order valence-electron chi connectivity index (χ4n) is 2.41. The molecule has 0 radical (unpaired) electrons. The highest BCUT2D eigenvalue weighted by Gasteiger charge is 2.24. The Morgan fingerprint density at radius 2 is 1.67 bits per heavy atom. The Morgan fingerprint density at radius 1 is 1.04 bits per heavy atom. The van der Waals surface area contributed by atoms with E-state index in [9.17, 15) is 13.2 Å². The highest BCUT2D eigenvalue weighted by molar-refractivity contribution is 7.89. The zero-order valence-electron chi connectivity index (χ0n) is 15.9.